The predicted octanol–water partition coefficient (Wildman–Crippen LogP) is 4.09. The van der Waals surface area contributed by atoms with Gasteiger partial charge in [-0.15, -0.1) is 0 Å². The molecule has 0 aliphatic carbocycles. The Morgan fingerprint density at radius 2 is 1.71 bits per heavy atom. The van der Waals surface area contributed by atoms with E-state index in [-0.39, 0.29) is 5.75 Å². The van der Waals surface area contributed by atoms with Gasteiger partial charge < -0.3 is 10.4 Å². The molecule has 0 saturated heterocycles. The van der Waals surface area contributed by atoms with Crippen LogP contribution in [0.3, 0.4) is 0 Å². The summed E-state index contributed by atoms with van der Waals surface area (Å²) in [5.41, 5.74) is 3.45. The van der Waals surface area contributed by atoms with Gasteiger partial charge in [0.25, 0.3) is 0 Å². The van der Waals surface area contributed by atoms with Crippen LogP contribution in [0.1, 0.15) is 18.9 Å². The highest BCUT2D eigenvalue weighted by Crippen LogP contribution is 2.23. The molecule has 0 aromatic heterocycles. The van der Waals surface area contributed by atoms with Gasteiger partial charge in [0, 0.05) is 11.4 Å². The van der Waals surface area contributed by atoms with Gasteiger partial charge in [-0.3, -0.25) is 0 Å². The quantitative estimate of drug-likeness (QED) is 0.771. The van der Waals surface area contributed by atoms with E-state index < -0.39 is 0 Å². The number of anilines is 2. The Morgan fingerprint density at radius 3 is 2.41 bits per heavy atom. The molecule has 2 nitrogen and oxygen atoms in total. The van der Waals surface area contributed by atoms with Crippen molar-refractivity contribution in [3.8, 4) is 5.75 Å². The normalized spacial score (nSPS) is 10.2. The molecule has 0 bridgehead atoms. The molecule has 0 aliphatic heterocycles. The average Bonchev–Trinajstić information content (AvgIpc) is 2.35. The molecule has 2 rings (SSSR count). The minimum Gasteiger partial charge on any atom is -0.508 e. The van der Waals surface area contributed by atoms with Crippen molar-refractivity contribution >= 4 is 11.4 Å². The van der Waals surface area contributed by atoms with E-state index >= 15 is 0 Å². The van der Waals surface area contributed by atoms with Crippen LogP contribution in [0, 0.1) is 0 Å². The third-order valence-corrected chi connectivity index (χ3v) is 2.68. The smallest absolute Gasteiger partial charge is 0.115 e. The lowest BCUT2D eigenvalue weighted by Crippen LogP contribution is -1.95. The second-order valence-corrected chi connectivity index (χ2v) is 4.08. The third kappa shape index (κ3) is 3.00. The van der Waals surface area contributed by atoms with Gasteiger partial charge in [0.15, 0.2) is 0 Å². The fraction of sp³-hybridized carbons (Fsp3) is 0.200. The zero-order chi connectivity index (χ0) is 12.1. The molecule has 2 aromatic carbocycles. The molecular formula is C15H17NO. The zero-order valence-corrected chi connectivity index (χ0v) is 9.98. The first kappa shape index (κ1) is 11.5. The van der Waals surface area contributed by atoms with Crippen molar-refractivity contribution < 1.29 is 5.11 Å². The number of para-hydroxylation sites is 1. The van der Waals surface area contributed by atoms with Gasteiger partial charge in [0.1, 0.15) is 5.75 Å². The fourth-order valence-electron chi connectivity index (χ4n) is 1.83. The van der Waals surface area contributed by atoms with Gasteiger partial charge in [0.2, 0.25) is 0 Å². The van der Waals surface area contributed by atoms with E-state index in [0.29, 0.717) is 0 Å². The molecule has 2 heteroatoms. The molecule has 0 saturated carbocycles. The van der Waals surface area contributed by atoms with Crippen LogP contribution in [0.2, 0.25) is 0 Å². The molecule has 2 N–H and O–H groups in total. The van der Waals surface area contributed by atoms with E-state index in [1.54, 1.807) is 12.1 Å². The first-order chi connectivity index (χ1) is 8.29. The van der Waals surface area contributed by atoms with Crippen LogP contribution in [0.15, 0.2) is 48.5 Å². The first-order valence-electron chi connectivity index (χ1n) is 5.93. The van der Waals surface area contributed by atoms with E-state index in [1.807, 2.05) is 18.2 Å². The SMILES string of the molecule is CCCc1ccccc1Nc1ccc(O)cc1. The fourth-order valence-corrected chi connectivity index (χ4v) is 1.83. The van der Waals surface area contributed by atoms with Crippen molar-refractivity contribution in [1.82, 2.24) is 0 Å². The highest BCUT2D eigenvalue weighted by atomic mass is 16.3. The second-order valence-electron chi connectivity index (χ2n) is 4.08. The summed E-state index contributed by atoms with van der Waals surface area (Å²) in [4.78, 5) is 0. The maximum absolute atomic E-state index is 9.23. The monoisotopic (exact) mass is 227 g/mol. The second kappa shape index (κ2) is 5.39. The average molecular weight is 227 g/mol. The molecule has 0 heterocycles. The summed E-state index contributed by atoms with van der Waals surface area (Å²) in [5, 5.41) is 12.6. The van der Waals surface area contributed by atoms with Crippen LogP contribution in [-0.2, 0) is 6.42 Å². The van der Waals surface area contributed by atoms with Crippen LogP contribution < -0.4 is 5.32 Å². The molecule has 17 heavy (non-hydrogen) atoms. The van der Waals surface area contributed by atoms with Crippen LogP contribution in [-0.4, -0.2) is 5.11 Å². The van der Waals surface area contributed by atoms with E-state index in [0.717, 1.165) is 24.2 Å². The number of phenols is 1. The molecule has 88 valence electrons. The summed E-state index contributed by atoms with van der Waals surface area (Å²) in [6, 6.07) is 15.4. The van der Waals surface area contributed by atoms with Crippen LogP contribution in [0.4, 0.5) is 11.4 Å². The van der Waals surface area contributed by atoms with Crippen LogP contribution in [0.5, 0.6) is 5.75 Å². The lowest BCUT2D eigenvalue weighted by atomic mass is 10.1. The highest BCUT2D eigenvalue weighted by Gasteiger charge is 2.01. The molecule has 0 radical (unpaired) electrons. The number of aryl methyl sites for hydroxylation is 1. The van der Waals surface area contributed by atoms with Crippen molar-refractivity contribution in [1.29, 1.82) is 0 Å². The standard InChI is InChI=1S/C15H17NO/c1-2-5-12-6-3-4-7-15(12)16-13-8-10-14(17)11-9-13/h3-4,6-11,16-17H,2,5H2,1H3. The maximum atomic E-state index is 9.23. The maximum Gasteiger partial charge on any atom is 0.115 e. The van der Waals surface area contributed by atoms with Crippen LogP contribution >= 0.6 is 0 Å². The Kier molecular flexibility index (Phi) is 3.66. The number of rotatable bonds is 4. The van der Waals surface area contributed by atoms with Crippen molar-refractivity contribution in [2.24, 2.45) is 0 Å². The number of hydrogen-bond acceptors (Lipinski definition) is 2. The third-order valence-electron chi connectivity index (χ3n) is 2.68. The largest absolute Gasteiger partial charge is 0.508 e. The zero-order valence-electron chi connectivity index (χ0n) is 9.98. The number of benzene rings is 2. The summed E-state index contributed by atoms with van der Waals surface area (Å²) in [6.07, 6.45) is 2.20. The number of nitrogens with one attached hydrogen (secondary N) is 1. The Morgan fingerprint density at radius 1 is 1.00 bits per heavy atom. The van der Waals surface area contributed by atoms with Gasteiger partial charge in [-0.1, -0.05) is 31.5 Å². The minimum atomic E-state index is 0.289. The van der Waals surface area contributed by atoms with Gasteiger partial charge in [-0.2, -0.15) is 0 Å². The molecular weight excluding hydrogens is 210 g/mol. The van der Waals surface area contributed by atoms with Gasteiger partial charge in [0.05, 0.1) is 0 Å². The van der Waals surface area contributed by atoms with Crippen molar-refractivity contribution in [3.63, 3.8) is 0 Å². The summed E-state index contributed by atoms with van der Waals surface area (Å²) in [6.45, 7) is 2.18. The van der Waals surface area contributed by atoms with E-state index in [1.165, 1.54) is 5.56 Å². The molecule has 0 aliphatic rings. The van der Waals surface area contributed by atoms with E-state index in [2.05, 4.69) is 30.4 Å². The lowest BCUT2D eigenvalue weighted by Gasteiger charge is -2.11. The Bertz CT molecular complexity index is 477. The van der Waals surface area contributed by atoms with Crippen molar-refractivity contribution in [3.05, 3.63) is 54.1 Å². The molecule has 2 aromatic rings. The summed E-state index contributed by atoms with van der Waals surface area (Å²) in [5.74, 6) is 0.289. The van der Waals surface area contributed by atoms with Crippen molar-refractivity contribution in [2.75, 3.05) is 5.32 Å². The minimum absolute atomic E-state index is 0.289. The van der Waals surface area contributed by atoms with E-state index in [4.69, 9.17) is 0 Å². The molecule has 0 amide bonds. The topological polar surface area (TPSA) is 32.3 Å². The Balaban J connectivity index is 2.20. The number of aromatic hydroxyl groups is 1. The molecule has 0 spiro atoms. The van der Waals surface area contributed by atoms with Crippen LogP contribution in [0.25, 0.3) is 0 Å². The number of hydrogen-bond donors (Lipinski definition) is 2. The Hall–Kier alpha value is -1.96. The molecule has 0 fully saturated rings. The van der Waals surface area contributed by atoms with Gasteiger partial charge in [-0.25, -0.2) is 0 Å². The van der Waals surface area contributed by atoms with E-state index in [9.17, 15) is 5.11 Å². The lowest BCUT2D eigenvalue weighted by molar-refractivity contribution is 0.475. The van der Waals surface area contributed by atoms with Crippen molar-refractivity contribution in [2.45, 2.75) is 19.8 Å². The first-order valence-corrected chi connectivity index (χ1v) is 5.93. The predicted molar refractivity (Wildman–Crippen MR) is 71.8 cm³/mol. The number of phenolic OH excluding ortho intramolecular Hbond substituents is 1. The highest BCUT2D eigenvalue weighted by molar-refractivity contribution is 5.63. The summed E-state index contributed by atoms with van der Waals surface area (Å²) < 4.78 is 0. The molecule has 0 unspecified atom stereocenters. The Labute approximate surface area is 102 Å². The summed E-state index contributed by atoms with van der Waals surface area (Å²) in [7, 11) is 0. The summed E-state index contributed by atoms with van der Waals surface area (Å²) >= 11 is 0. The molecule has 0 atom stereocenters. The van der Waals surface area contributed by atoms with Gasteiger partial charge >= 0.3 is 0 Å². The van der Waals surface area contributed by atoms with Gasteiger partial charge in [-0.05, 0) is 42.3 Å².